The summed E-state index contributed by atoms with van der Waals surface area (Å²) in [5.41, 5.74) is 1.27. The number of rotatable bonds is 4. The van der Waals surface area contributed by atoms with Gasteiger partial charge in [-0.05, 0) is 49.9 Å². The lowest BCUT2D eigenvalue weighted by Gasteiger charge is -2.28. The van der Waals surface area contributed by atoms with Gasteiger partial charge in [-0.3, -0.25) is 9.69 Å². The van der Waals surface area contributed by atoms with Crippen molar-refractivity contribution in [2.75, 3.05) is 33.3 Å². The summed E-state index contributed by atoms with van der Waals surface area (Å²) in [7, 11) is 1.70. The standard InChI is InChI=1S/C19H28N2O2/c1-23-17-9-6-8-16(14-17)18-10-7-13-21(18)15-19(22)20-11-4-2-3-5-12-20/h6,8-9,14,18H,2-5,7,10-13,15H2,1H3. The number of carbonyl (C=O) groups is 1. The van der Waals surface area contributed by atoms with Gasteiger partial charge in [0.25, 0.3) is 0 Å². The first-order valence-electron chi connectivity index (χ1n) is 8.94. The van der Waals surface area contributed by atoms with E-state index in [-0.39, 0.29) is 0 Å². The van der Waals surface area contributed by atoms with Gasteiger partial charge in [0.1, 0.15) is 5.75 Å². The fourth-order valence-corrected chi connectivity index (χ4v) is 3.84. The summed E-state index contributed by atoms with van der Waals surface area (Å²) in [6.07, 6.45) is 7.13. The normalized spacial score (nSPS) is 22.8. The van der Waals surface area contributed by atoms with Crippen molar-refractivity contribution in [1.82, 2.24) is 9.80 Å². The fraction of sp³-hybridized carbons (Fsp3) is 0.632. The first kappa shape index (κ1) is 16.3. The van der Waals surface area contributed by atoms with Crippen LogP contribution in [0.2, 0.25) is 0 Å². The van der Waals surface area contributed by atoms with Crippen LogP contribution >= 0.6 is 0 Å². The molecule has 0 bridgehead atoms. The molecule has 23 heavy (non-hydrogen) atoms. The quantitative estimate of drug-likeness (QED) is 0.855. The van der Waals surface area contributed by atoms with E-state index < -0.39 is 0 Å². The van der Waals surface area contributed by atoms with E-state index in [9.17, 15) is 4.79 Å². The molecule has 2 heterocycles. The number of carbonyl (C=O) groups excluding carboxylic acids is 1. The van der Waals surface area contributed by atoms with Gasteiger partial charge < -0.3 is 9.64 Å². The summed E-state index contributed by atoms with van der Waals surface area (Å²) >= 11 is 0. The molecule has 1 aromatic rings. The van der Waals surface area contributed by atoms with E-state index in [1.807, 2.05) is 12.1 Å². The smallest absolute Gasteiger partial charge is 0.236 e. The third kappa shape index (κ3) is 4.05. The minimum atomic E-state index is 0.307. The van der Waals surface area contributed by atoms with Gasteiger partial charge in [-0.2, -0.15) is 0 Å². The van der Waals surface area contributed by atoms with Crippen LogP contribution in [0.4, 0.5) is 0 Å². The van der Waals surface area contributed by atoms with E-state index in [2.05, 4.69) is 21.9 Å². The van der Waals surface area contributed by atoms with Gasteiger partial charge >= 0.3 is 0 Å². The molecule has 126 valence electrons. The SMILES string of the molecule is COc1cccc(C2CCCN2CC(=O)N2CCCCCC2)c1. The second kappa shape index (κ2) is 7.82. The summed E-state index contributed by atoms with van der Waals surface area (Å²) in [5.74, 6) is 1.20. The van der Waals surface area contributed by atoms with Crippen LogP contribution in [-0.4, -0.2) is 49.0 Å². The van der Waals surface area contributed by atoms with E-state index in [1.54, 1.807) is 7.11 Å². The Labute approximate surface area is 139 Å². The second-order valence-corrected chi connectivity index (χ2v) is 6.70. The molecule has 4 nitrogen and oxygen atoms in total. The Morgan fingerprint density at radius 2 is 1.91 bits per heavy atom. The van der Waals surface area contributed by atoms with Gasteiger partial charge in [-0.1, -0.05) is 25.0 Å². The number of ether oxygens (including phenoxy) is 1. The number of hydrogen-bond acceptors (Lipinski definition) is 3. The molecule has 1 unspecified atom stereocenters. The summed E-state index contributed by atoms with van der Waals surface area (Å²) in [6, 6.07) is 8.63. The Balaban J connectivity index is 1.65. The van der Waals surface area contributed by atoms with Gasteiger partial charge in [0.2, 0.25) is 5.91 Å². The molecule has 1 atom stereocenters. The van der Waals surface area contributed by atoms with Crippen molar-refractivity contribution in [2.45, 2.75) is 44.6 Å². The Kier molecular flexibility index (Phi) is 5.55. The summed E-state index contributed by atoms with van der Waals surface area (Å²) in [4.78, 5) is 17.1. The Morgan fingerprint density at radius 1 is 1.13 bits per heavy atom. The number of methoxy groups -OCH3 is 1. The van der Waals surface area contributed by atoms with Crippen molar-refractivity contribution in [1.29, 1.82) is 0 Å². The summed E-state index contributed by atoms with van der Waals surface area (Å²) in [5, 5.41) is 0. The predicted molar refractivity (Wildman–Crippen MR) is 91.6 cm³/mol. The van der Waals surface area contributed by atoms with Gasteiger partial charge in [0.05, 0.1) is 13.7 Å². The molecule has 2 aliphatic rings. The van der Waals surface area contributed by atoms with Gasteiger partial charge in [0.15, 0.2) is 0 Å². The lowest BCUT2D eigenvalue weighted by atomic mass is 10.0. The largest absolute Gasteiger partial charge is 0.497 e. The molecule has 4 heteroatoms. The Morgan fingerprint density at radius 3 is 2.65 bits per heavy atom. The van der Waals surface area contributed by atoms with Crippen molar-refractivity contribution in [3.63, 3.8) is 0 Å². The highest BCUT2D eigenvalue weighted by Gasteiger charge is 2.29. The molecule has 0 aromatic heterocycles. The number of hydrogen-bond donors (Lipinski definition) is 0. The molecule has 2 aliphatic heterocycles. The third-order valence-electron chi connectivity index (χ3n) is 5.14. The molecule has 2 fully saturated rings. The lowest BCUT2D eigenvalue weighted by molar-refractivity contribution is -0.132. The molecule has 2 saturated heterocycles. The zero-order chi connectivity index (χ0) is 16.1. The van der Waals surface area contributed by atoms with Gasteiger partial charge in [-0.25, -0.2) is 0 Å². The lowest BCUT2D eigenvalue weighted by Crippen LogP contribution is -2.40. The second-order valence-electron chi connectivity index (χ2n) is 6.70. The highest BCUT2D eigenvalue weighted by Crippen LogP contribution is 2.33. The first-order chi connectivity index (χ1) is 11.3. The predicted octanol–water partition coefficient (Wildman–Crippen LogP) is 3.23. The van der Waals surface area contributed by atoms with Crippen LogP contribution in [0.15, 0.2) is 24.3 Å². The molecular weight excluding hydrogens is 288 g/mol. The van der Waals surface area contributed by atoms with Crippen LogP contribution in [0.5, 0.6) is 5.75 Å². The van der Waals surface area contributed by atoms with E-state index >= 15 is 0 Å². The highest BCUT2D eigenvalue weighted by molar-refractivity contribution is 5.78. The molecule has 0 aliphatic carbocycles. The highest BCUT2D eigenvalue weighted by atomic mass is 16.5. The molecule has 1 amide bonds. The maximum Gasteiger partial charge on any atom is 0.236 e. The molecule has 3 rings (SSSR count). The molecule has 0 saturated carbocycles. The first-order valence-corrected chi connectivity index (χ1v) is 8.94. The van der Waals surface area contributed by atoms with Crippen LogP contribution in [0, 0.1) is 0 Å². The fourth-order valence-electron chi connectivity index (χ4n) is 3.84. The number of benzene rings is 1. The Hall–Kier alpha value is -1.55. The van der Waals surface area contributed by atoms with Gasteiger partial charge in [0, 0.05) is 19.1 Å². The topological polar surface area (TPSA) is 32.8 Å². The average Bonchev–Trinajstić information content (AvgIpc) is 2.86. The van der Waals surface area contributed by atoms with Crippen molar-refractivity contribution >= 4 is 5.91 Å². The minimum Gasteiger partial charge on any atom is -0.497 e. The summed E-state index contributed by atoms with van der Waals surface area (Å²) < 4.78 is 5.35. The van der Waals surface area contributed by atoms with Crippen molar-refractivity contribution in [3.8, 4) is 5.75 Å². The van der Waals surface area contributed by atoms with Crippen molar-refractivity contribution < 1.29 is 9.53 Å². The zero-order valence-electron chi connectivity index (χ0n) is 14.2. The van der Waals surface area contributed by atoms with Crippen LogP contribution in [0.3, 0.4) is 0 Å². The van der Waals surface area contributed by atoms with Gasteiger partial charge in [-0.15, -0.1) is 0 Å². The summed E-state index contributed by atoms with van der Waals surface area (Å²) in [6.45, 7) is 3.45. The zero-order valence-corrected chi connectivity index (χ0v) is 14.2. The molecule has 0 spiro atoms. The maximum absolute atomic E-state index is 12.7. The number of likely N-dealkylation sites (tertiary alicyclic amines) is 2. The van der Waals surface area contributed by atoms with Crippen LogP contribution in [0.1, 0.15) is 50.1 Å². The minimum absolute atomic E-state index is 0.307. The molecule has 1 aromatic carbocycles. The van der Waals surface area contributed by atoms with E-state index in [4.69, 9.17) is 4.74 Å². The third-order valence-corrected chi connectivity index (χ3v) is 5.14. The van der Waals surface area contributed by atoms with Crippen molar-refractivity contribution in [3.05, 3.63) is 29.8 Å². The maximum atomic E-state index is 12.7. The Bertz CT molecular complexity index is 524. The number of nitrogens with zero attached hydrogens (tertiary/aromatic N) is 2. The molecular formula is C19H28N2O2. The number of amides is 1. The van der Waals surface area contributed by atoms with E-state index in [1.165, 1.54) is 18.4 Å². The van der Waals surface area contributed by atoms with E-state index in [0.29, 0.717) is 18.5 Å². The van der Waals surface area contributed by atoms with Crippen LogP contribution in [0.25, 0.3) is 0 Å². The molecule has 0 N–H and O–H groups in total. The van der Waals surface area contributed by atoms with Crippen LogP contribution in [-0.2, 0) is 4.79 Å². The average molecular weight is 316 g/mol. The van der Waals surface area contributed by atoms with E-state index in [0.717, 1.165) is 51.1 Å². The molecule has 0 radical (unpaired) electrons. The van der Waals surface area contributed by atoms with Crippen LogP contribution < -0.4 is 4.74 Å². The monoisotopic (exact) mass is 316 g/mol. The van der Waals surface area contributed by atoms with Crippen molar-refractivity contribution in [2.24, 2.45) is 0 Å².